The molecule has 0 N–H and O–H groups in total. The summed E-state index contributed by atoms with van der Waals surface area (Å²) in [6, 6.07) is 12.2. The van der Waals surface area contributed by atoms with E-state index in [0.717, 1.165) is 6.42 Å². The van der Waals surface area contributed by atoms with E-state index in [-0.39, 0.29) is 11.3 Å². The fourth-order valence-corrected chi connectivity index (χ4v) is 2.08. The van der Waals surface area contributed by atoms with Gasteiger partial charge in [-0.05, 0) is 12.0 Å². The van der Waals surface area contributed by atoms with E-state index in [1.807, 2.05) is 18.2 Å². The molecule has 0 bridgehead atoms. The Morgan fingerprint density at radius 3 is 2.53 bits per heavy atom. The van der Waals surface area contributed by atoms with Gasteiger partial charge in [0.25, 0.3) is 0 Å². The molecule has 3 nitrogen and oxygen atoms in total. The molecular weight excluding hydrogens is 236 g/mol. The zero-order chi connectivity index (χ0) is 14.3. The first-order chi connectivity index (χ1) is 9.03. The highest BCUT2D eigenvalue weighted by Crippen LogP contribution is 2.31. The minimum atomic E-state index is -0.140. The van der Waals surface area contributed by atoms with Gasteiger partial charge in [0.1, 0.15) is 0 Å². The van der Waals surface area contributed by atoms with Crippen molar-refractivity contribution in [1.29, 1.82) is 5.26 Å². The summed E-state index contributed by atoms with van der Waals surface area (Å²) in [5.74, 6) is 0.100. The molecule has 1 aromatic carbocycles. The molecule has 1 atom stereocenters. The minimum Gasteiger partial charge on any atom is -0.345 e. The zero-order valence-electron chi connectivity index (χ0n) is 12.0. The Kier molecular flexibility index (Phi) is 5.57. The summed E-state index contributed by atoms with van der Waals surface area (Å²) in [6.45, 7) is 4.73. The summed E-state index contributed by atoms with van der Waals surface area (Å²) in [6.07, 6.45) is 1.78. The Morgan fingerprint density at radius 1 is 1.37 bits per heavy atom. The number of rotatable bonds is 6. The van der Waals surface area contributed by atoms with Crippen molar-refractivity contribution in [3.8, 4) is 6.07 Å². The maximum atomic E-state index is 12.2. The van der Waals surface area contributed by atoms with Gasteiger partial charge in [0, 0.05) is 25.4 Å². The molecule has 1 amide bonds. The van der Waals surface area contributed by atoms with Gasteiger partial charge in [-0.1, -0.05) is 44.2 Å². The molecule has 1 aromatic rings. The molecule has 0 fully saturated rings. The van der Waals surface area contributed by atoms with E-state index in [1.54, 1.807) is 11.9 Å². The summed E-state index contributed by atoms with van der Waals surface area (Å²) >= 11 is 0. The highest BCUT2D eigenvalue weighted by Gasteiger charge is 2.28. The highest BCUT2D eigenvalue weighted by atomic mass is 16.2. The fourth-order valence-electron chi connectivity index (χ4n) is 2.08. The van der Waals surface area contributed by atoms with E-state index < -0.39 is 0 Å². The van der Waals surface area contributed by atoms with Crippen LogP contribution in [0, 0.1) is 11.3 Å². The molecule has 0 saturated carbocycles. The smallest absolute Gasteiger partial charge is 0.223 e. The van der Waals surface area contributed by atoms with Gasteiger partial charge in [-0.25, -0.2) is 0 Å². The van der Waals surface area contributed by atoms with E-state index in [1.165, 1.54) is 5.56 Å². The van der Waals surface area contributed by atoms with Gasteiger partial charge in [0.2, 0.25) is 5.91 Å². The van der Waals surface area contributed by atoms with Crippen molar-refractivity contribution in [2.24, 2.45) is 0 Å². The predicted octanol–water partition coefficient (Wildman–Crippen LogP) is 3.12. The molecule has 1 rings (SSSR count). The summed E-state index contributed by atoms with van der Waals surface area (Å²) in [4.78, 5) is 13.9. The van der Waals surface area contributed by atoms with E-state index in [9.17, 15) is 4.79 Å². The van der Waals surface area contributed by atoms with Gasteiger partial charge in [-0.15, -0.1) is 0 Å². The zero-order valence-corrected chi connectivity index (χ0v) is 12.0. The van der Waals surface area contributed by atoms with Crippen LogP contribution in [0.4, 0.5) is 0 Å². The molecule has 0 aliphatic rings. The normalized spacial score (nSPS) is 13.4. The van der Waals surface area contributed by atoms with Gasteiger partial charge >= 0.3 is 0 Å². The van der Waals surface area contributed by atoms with Crippen LogP contribution in [0.25, 0.3) is 0 Å². The average molecular weight is 258 g/mol. The second-order valence-electron chi connectivity index (χ2n) is 5.18. The molecule has 0 spiro atoms. The van der Waals surface area contributed by atoms with E-state index in [4.69, 9.17) is 5.26 Å². The lowest BCUT2D eigenvalue weighted by Crippen LogP contribution is -2.34. The third kappa shape index (κ3) is 4.10. The van der Waals surface area contributed by atoms with Crippen LogP contribution in [0.1, 0.15) is 38.7 Å². The minimum absolute atomic E-state index is 0.100. The summed E-state index contributed by atoms with van der Waals surface area (Å²) in [5.41, 5.74) is 1.05. The molecule has 0 unspecified atom stereocenters. The number of nitrogens with zero attached hydrogens (tertiary/aromatic N) is 2. The molecule has 0 radical (unpaired) electrons. The van der Waals surface area contributed by atoms with E-state index >= 15 is 0 Å². The lowest BCUT2D eigenvalue weighted by molar-refractivity contribution is -0.131. The van der Waals surface area contributed by atoms with Gasteiger partial charge in [-0.3, -0.25) is 4.79 Å². The van der Waals surface area contributed by atoms with Crippen molar-refractivity contribution < 1.29 is 4.79 Å². The summed E-state index contributed by atoms with van der Waals surface area (Å²) in [5, 5.41) is 8.57. The predicted molar refractivity (Wildman–Crippen MR) is 76.6 cm³/mol. The van der Waals surface area contributed by atoms with Crippen LogP contribution in [-0.2, 0) is 10.2 Å². The Labute approximate surface area is 115 Å². The summed E-state index contributed by atoms with van der Waals surface area (Å²) < 4.78 is 0. The van der Waals surface area contributed by atoms with Crippen molar-refractivity contribution in [2.75, 3.05) is 13.6 Å². The number of benzene rings is 1. The highest BCUT2D eigenvalue weighted by molar-refractivity contribution is 5.77. The Balaban J connectivity index is 2.77. The van der Waals surface area contributed by atoms with Gasteiger partial charge < -0.3 is 4.90 Å². The van der Waals surface area contributed by atoms with Crippen LogP contribution >= 0.6 is 0 Å². The maximum Gasteiger partial charge on any atom is 0.223 e. The van der Waals surface area contributed by atoms with Gasteiger partial charge in [0.05, 0.1) is 12.5 Å². The Bertz CT molecular complexity index is 450. The van der Waals surface area contributed by atoms with E-state index in [0.29, 0.717) is 19.4 Å². The van der Waals surface area contributed by atoms with Crippen LogP contribution in [0.3, 0.4) is 0 Å². The van der Waals surface area contributed by atoms with Crippen LogP contribution in [0.2, 0.25) is 0 Å². The van der Waals surface area contributed by atoms with E-state index in [2.05, 4.69) is 32.0 Å². The Hall–Kier alpha value is -1.82. The van der Waals surface area contributed by atoms with Gasteiger partial charge in [-0.2, -0.15) is 5.26 Å². The molecule has 19 heavy (non-hydrogen) atoms. The number of carbonyl (C=O) groups is 1. The average Bonchev–Trinajstić information content (AvgIpc) is 2.45. The standard InChI is InChI=1S/C16H22N2O/c1-4-16(2,14-9-6-5-7-10-14)13-15(19)18(3)12-8-11-17/h5-7,9-10H,4,8,12-13H2,1-3H3/t16-/m1/s1. The van der Waals surface area contributed by atoms with Crippen molar-refractivity contribution in [2.45, 2.75) is 38.5 Å². The largest absolute Gasteiger partial charge is 0.345 e. The maximum absolute atomic E-state index is 12.2. The molecule has 0 heterocycles. The first kappa shape index (κ1) is 15.2. The topological polar surface area (TPSA) is 44.1 Å². The van der Waals surface area contributed by atoms with Crippen molar-refractivity contribution >= 4 is 5.91 Å². The van der Waals surface area contributed by atoms with Crippen molar-refractivity contribution in [3.63, 3.8) is 0 Å². The molecule has 0 aromatic heterocycles. The quantitative estimate of drug-likeness (QED) is 0.787. The van der Waals surface area contributed by atoms with Crippen LogP contribution < -0.4 is 0 Å². The third-order valence-corrected chi connectivity index (χ3v) is 3.78. The second-order valence-corrected chi connectivity index (χ2v) is 5.18. The lowest BCUT2D eigenvalue weighted by atomic mass is 9.77. The molecule has 0 saturated heterocycles. The molecule has 3 heteroatoms. The second kappa shape index (κ2) is 6.94. The first-order valence-corrected chi connectivity index (χ1v) is 6.70. The first-order valence-electron chi connectivity index (χ1n) is 6.70. The molecular formula is C16H22N2O. The monoisotopic (exact) mass is 258 g/mol. The number of hydrogen-bond donors (Lipinski definition) is 0. The summed E-state index contributed by atoms with van der Waals surface area (Å²) in [7, 11) is 1.76. The Morgan fingerprint density at radius 2 is 2.00 bits per heavy atom. The number of amides is 1. The third-order valence-electron chi connectivity index (χ3n) is 3.78. The van der Waals surface area contributed by atoms with Crippen LogP contribution in [-0.4, -0.2) is 24.4 Å². The lowest BCUT2D eigenvalue weighted by Gasteiger charge is -2.30. The SMILES string of the molecule is CC[C@](C)(CC(=O)N(C)CCC#N)c1ccccc1. The molecule has 0 aliphatic heterocycles. The molecule has 0 aliphatic carbocycles. The van der Waals surface area contributed by atoms with Crippen LogP contribution in [0.5, 0.6) is 0 Å². The number of hydrogen-bond acceptors (Lipinski definition) is 2. The van der Waals surface area contributed by atoms with Crippen molar-refractivity contribution in [1.82, 2.24) is 4.90 Å². The fraction of sp³-hybridized carbons (Fsp3) is 0.500. The van der Waals surface area contributed by atoms with Crippen molar-refractivity contribution in [3.05, 3.63) is 35.9 Å². The van der Waals surface area contributed by atoms with Gasteiger partial charge in [0.15, 0.2) is 0 Å². The van der Waals surface area contributed by atoms with Crippen LogP contribution in [0.15, 0.2) is 30.3 Å². The molecule has 102 valence electrons. The number of carbonyl (C=O) groups excluding carboxylic acids is 1. The number of nitriles is 1.